The Morgan fingerprint density at radius 3 is 2.73 bits per heavy atom. The second-order valence-corrected chi connectivity index (χ2v) is 5.48. The van der Waals surface area contributed by atoms with E-state index in [0.717, 1.165) is 12.0 Å². The van der Waals surface area contributed by atoms with E-state index in [-0.39, 0.29) is 17.9 Å². The van der Waals surface area contributed by atoms with Gasteiger partial charge in [0.25, 0.3) is 5.91 Å². The van der Waals surface area contributed by atoms with Crippen LogP contribution in [0.5, 0.6) is 0 Å². The van der Waals surface area contributed by atoms with E-state index in [4.69, 9.17) is 10.5 Å². The molecule has 1 aliphatic rings. The van der Waals surface area contributed by atoms with Crippen LogP contribution in [0, 0.1) is 6.92 Å². The Morgan fingerprint density at radius 2 is 2.09 bits per heavy atom. The van der Waals surface area contributed by atoms with E-state index in [9.17, 15) is 9.59 Å². The summed E-state index contributed by atoms with van der Waals surface area (Å²) in [5, 5.41) is 5.65. The zero-order valence-corrected chi connectivity index (χ0v) is 13.0. The highest BCUT2D eigenvalue weighted by Gasteiger charge is 2.30. The van der Waals surface area contributed by atoms with E-state index >= 15 is 0 Å². The van der Waals surface area contributed by atoms with Crippen molar-refractivity contribution in [2.75, 3.05) is 17.2 Å². The largest absolute Gasteiger partial charge is 0.364 e. The van der Waals surface area contributed by atoms with Crippen molar-refractivity contribution < 1.29 is 14.3 Å². The molecule has 120 valence electrons. The van der Waals surface area contributed by atoms with Crippen LogP contribution < -0.4 is 16.4 Å². The van der Waals surface area contributed by atoms with Gasteiger partial charge in [-0.2, -0.15) is 0 Å². The first kappa shape index (κ1) is 16.5. The highest BCUT2D eigenvalue weighted by Crippen LogP contribution is 2.24. The number of anilines is 2. The lowest BCUT2D eigenvalue weighted by atomic mass is 10.1. The van der Waals surface area contributed by atoms with Crippen LogP contribution in [0.15, 0.2) is 18.2 Å². The second-order valence-electron chi connectivity index (χ2n) is 5.48. The van der Waals surface area contributed by atoms with E-state index in [2.05, 4.69) is 10.6 Å². The fourth-order valence-corrected chi connectivity index (χ4v) is 2.37. The van der Waals surface area contributed by atoms with Crippen LogP contribution in [0.2, 0.25) is 0 Å². The molecule has 22 heavy (non-hydrogen) atoms. The maximum Gasteiger partial charge on any atom is 0.253 e. The number of nitrogens with one attached hydrogen (secondary N) is 2. The molecule has 1 saturated heterocycles. The molecule has 6 heteroatoms. The van der Waals surface area contributed by atoms with Crippen LogP contribution in [-0.4, -0.2) is 30.6 Å². The predicted octanol–water partition coefficient (Wildman–Crippen LogP) is 1.79. The molecule has 2 amide bonds. The lowest BCUT2D eigenvalue weighted by Gasteiger charge is -2.15. The topological polar surface area (TPSA) is 93.5 Å². The van der Waals surface area contributed by atoms with E-state index in [1.165, 1.54) is 0 Å². The molecule has 0 saturated carbocycles. The smallest absolute Gasteiger partial charge is 0.253 e. The van der Waals surface area contributed by atoms with Crippen molar-refractivity contribution >= 4 is 23.2 Å². The minimum absolute atomic E-state index is 0.0352. The van der Waals surface area contributed by atoms with E-state index in [1.54, 1.807) is 13.0 Å². The van der Waals surface area contributed by atoms with Gasteiger partial charge in [0.1, 0.15) is 6.10 Å². The van der Waals surface area contributed by atoms with Gasteiger partial charge in [-0.05, 0) is 37.5 Å². The first-order chi connectivity index (χ1) is 10.5. The Hall–Kier alpha value is -1.92. The van der Waals surface area contributed by atoms with Gasteiger partial charge in [-0.3, -0.25) is 9.59 Å². The normalized spacial score (nSPS) is 20.7. The van der Waals surface area contributed by atoms with Crippen LogP contribution in [-0.2, 0) is 14.3 Å². The van der Waals surface area contributed by atoms with Gasteiger partial charge in [0.2, 0.25) is 5.91 Å². The zero-order chi connectivity index (χ0) is 16.1. The predicted molar refractivity (Wildman–Crippen MR) is 85.7 cm³/mol. The molecule has 1 aliphatic heterocycles. The van der Waals surface area contributed by atoms with Crippen molar-refractivity contribution in [2.45, 2.75) is 45.3 Å². The molecule has 1 fully saturated rings. The SMILES string of the molecule is CCC(=O)Nc1ccc(C)c(NC(=O)[C@@H]2CC[C@H](CN)O2)c1. The fraction of sp³-hybridized carbons (Fsp3) is 0.500. The summed E-state index contributed by atoms with van der Waals surface area (Å²) in [6, 6.07) is 5.43. The highest BCUT2D eigenvalue weighted by atomic mass is 16.5. The molecule has 2 atom stereocenters. The molecular formula is C16H23N3O3. The standard InChI is InChI=1S/C16H23N3O3/c1-3-15(20)18-11-5-4-10(2)13(8-11)19-16(21)14-7-6-12(9-17)22-14/h4-5,8,12,14H,3,6-7,9,17H2,1-2H3,(H,18,20)(H,19,21)/t12-,14+/m1/s1. The van der Waals surface area contributed by atoms with Crippen molar-refractivity contribution in [3.63, 3.8) is 0 Å². The van der Waals surface area contributed by atoms with Gasteiger partial charge in [-0.15, -0.1) is 0 Å². The monoisotopic (exact) mass is 305 g/mol. The molecule has 0 bridgehead atoms. The highest BCUT2D eigenvalue weighted by molar-refractivity contribution is 5.96. The van der Waals surface area contributed by atoms with Crippen molar-refractivity contribution in [1.82, 2.24) is 0 Å². The summed E-state index contributed by atoms with van der Waals surface area (Å²) < 4.78 is 5.59. The molecule has 1 heterocycles. The van der Waals surface area contributed by atoms with Crippen molar-refractivity contribution in [1.29, 1.82) is 0 Å². The maximum atomic E-state index is 12.3. The number of hydrogen-bond donors (Lipinski definition) is 3. The van der Waals surface area contributed by atoms with Gasteiger partial charge in [0, 0.05) is 24.3 Å². The summed E-state index contributed by atoms with van der Waals surface area (Å²) in [6.07, 6.45) is 1.40. The van der Waals surface area contributed by atoms with Crippen molar-refractivity contribution in [3.8, 4) is 0 Å². The number of benzene rings is 1. The number of carbonyl (C=O) groups excluding carboxylic acids is 2. The number of nitrogens with two attached hydrogens (primary N) is 1. The molecule has 0 aliphatic carbocycles. The maximum absolute atomic E-state index is 12.3. The fourth-order valence-electron chi connectivity index (χ4n) is 2.37. The number of ether oxygens (including phenoxy) is 1. The van der Waals surface area contributed by atoms with Crippen LogP contribution >= 0.6 is 0 Å². The number of amides is 2. The van der Waals surface area contributed by atoms with Crippen LogP contribution in [0.3, 0.4) is 0 Å². The Balaban J connectivity index is 2.03. The first-order valence-electron chi connectivity index (χ1n) is 7.60. The van der Waals surface area contributed by atoms with Gasteiger partial charge in [-0.25, -0.2) is 0 Å². The van der Waals surface area contributed by atoms with Gasteiger partial charge in [-0.1, -0.05) is 13.0 Å². The lowest BCUT2D eigenvalue weighted by molar-refractivity contribution is -0.126. The summed E-state index contributed by atoms with van der Waals surface area (Å²) >= 11 is 0. The van der Waals surface area contributed by atoms with Gasteiger partial charge in [0.15, 0.2) is 0 Å². The molecule has 2 rings (SSSR count). The number of rotatable bonds is 5. The molecule has 1 aromatic carbocycles. The molecule has 0 aromatic heterocycles. The number of aryl methyl sites for hydroxylation is 1. The average Bonchev–Trinajstić information content (AvgIpc) is 2.99. The molecule has 0 unspecified atom stereocenters. The molecule has 0 radical (unpaired) electrons. The molecule has 1 aromatic rings. The van der Waals surface area contributed by atoms with Crippen LogP contribution in [0.4, 0.5) is 11.4 Å². The van der Waals surface area contributed by atoms with E-state index in [0.29, 0.717) is 30.8 Å². The second kappa shape index (κ2) is 7.38. The van der Waals surface area contributed by atoms with Crippen LogP contribution in [0.25, 0.3) is 0 Å². The summed E-state index contributed by atoms with van der Waals surface area (Å²) in [5.41, 5.74) is 7.83. The van der Waals surface area contributed by atoms with Gasteiger partial charge in [0.05, 0.1) is 6.10 Å². The Bertz CT molecular complexity index is 560. The van der Waals surface area contributed by atoms with Gasteiger partial charge < -0.3 is 21.1 Å². The average molecular weight is 305 g/mol. The summed E-state index contributed by atoms with van der Waals surface area (Å²) in [4.78, 5) is 23.7. The molecule has 4 N–H and O–H groups in total. The number of carbonyl (C=O) groups is 2. The zero-order valence-electron chi connectivity index (χ0n) is 13.0. The minimum Gasteiger partial charge on any atom is -0.364 e. The quantitative estimate of drug-likeness (QED) is 0.773. The summed E-state index contributed by atoms with van der Waals surface area (Å²) in [5.74, 6) is -0.232. The summed E-state index contributed by atoms with van der Waals surface area (Å²) in [6.45, 7) is 4.12. The van der Waals surface area contributed by atoms with E-state index < -0.39 is 6.10 Å². The van der Waals surface area contributed by atoms with Gasteiger partial charge >= 0.3 is 0 Å². The third-order valence-corrected chi connectivity index (χ3v) is 3.76. The van der Waals surface area contributed by atoms with Crippen LogP contribution in [0.1, 0.15) is 31.7 Å². The Kier molecular flexibility index (Phi) is 5.51. The Labute approximate surface area is 130 Å². The van der Waals surface area contributed by atoms with E-state index in [1.807, 2.05) is 19.1 Å². The molecule has 6 nitrogen and oxygen atoms in total. The third-order valence-electron chi connectivity index (χ3n) is 3.76. The summed E-state index contributed by atoms with van der Waals surface area (Å²) in [7, 11) is 0. The third kappa shape index (κ3) is 4.05. The molecular weight excluding hydrogens is 282 g/mol. The number of hydrogen-bond acceptors (Lipinski definition) is 4. The molecule has 0 spiro atoms. The van der Waals surface area contributed by atoms with Crippen molar-refractivity contribution in [2.24, 2.45) is 5.73 Å². The lowest BCUT2D eigenvalue weighted by Crippen LogP contribution is -2.30. The minimum atomic E-state index is -0.457. The first-order valence-corrected chi connectivity index (χ1v) is 7.60. The van der Waals surface area contributed by atoms with Crippen molar-refractivity contribution in [3.05, 3.63) is 23.8 Å². The Morgan fingerprint density at radius 1 is 1.32 bits per heavy atom.